The molecule has 0 spiro atoms. The van der Waals surface area contributed by atoms with Gasteiger partial charge in [0, 0.05) is 37.4 Å². The lowest BCUT2D eigenvalue weighted by Gasteiger charge is -2.46. The number of imidazole rings is 1. The van der Waals surface area contributed by atoms with E-state index in [0.717, 1.165) is 42.6 Å². The van der Waals surface area contributed by atoms with Gasteiger partial charge in [0.05, 0.1) is 23.2 Å². The van der Waals surface area contributed by atoms with Gasteiger partial charge in [-0.1, -0.05) is 43.0 Å². The lowest BCUT2D eigenvalue weighted by atomic mass is 9.57. The number of halogens is 1. The number of aryl methyl sites for hydroxylation is 1. The van der Waals surface area contributed by atoms with Gasteiger partial charge >= 0.3 is 0 Å². The van der Waals surface area contributed by atoms with E-state index in [9.17, 15) is 10.1 Å². The Balaban J connectivity index is 1.27. The molecule has 2 aliphatic carbocycles. The summed E-state index contributed by atoms with van der Waals surface area (Å²) in [5.41, 5.74) is 3.45. The normalized spacial score (nSPS) is 21.8. The van der Waals surface area contributed by atoms with Crippen LogP contribution in [-0.2, 0) is 19.0 Å². The van der Waals surface area contributed by atoms with E-state index in [-0.39, 0.29) is 16.9 Å². The van der Waals surface area contributed by atoms with Crippen LogP contribution in [0, 0.1) is 17.2 Å². The predicted octanol–water partition coefficient (Wildman–Crippen LogP) is 5.79. The van der Waals surface area contributed by atoms with E-state index >= 15 is 0 Å². The molecule has 2 saturated carbocycles. The van der Waals surface area contributed by atoms with Crippen molar-refractivity contribution in [1.82, 2.24) is 29.5 Å². The van der Waals surface area contributed by atoms with Crippen LogP contribution < -0.4 is 10.6 Å². The molecule has 10 heteroatoms. The van der Waals surface area contributed by atoms with Gasteiger partial charge in [-0.15, -0.1) is 10.2 Å². The Morgan fingerprint density at radius 1 is 1.22 bits per heavy atom. The van der Waals surface area contributed by atoms with E-state index in [2.05, 4.69) is 44.9 Å². The number of anilines is 1. The first-order valence-corrected chi connectivity index (χ1v) is 14.7. The average Bonchev–Trinajstić information content (AvgIpc) is 3.55. The number of rotatable bonds is 8. The molecule has 0 atom stereocenters. The third-order valence-corrected chi connectivity index (χ3v) is 9.28. The van der Waals surface area contributed by atoms with Crippen molar-refractivity contribution in [2.24, 2.45) is 13.0 Å². The van der Waals surface area contributed by atoms with E-state index in [4.69, 9.17) is 11.6 Å². The van der Waals surface area contributed by atoms with Crippen molar-refractivity contribution < 1.29 is 4.79 Å². The molecule has 1 amide bonds. The van der Waals surface area contributed by atoms with Crippen LogP contribution in [0.2, 0.25) is 5.15 Å². The highest BCUT2D eigenvalue weighted by Gasteiger charge is 2.49. The standard InChI is InChI=1S/C31H35ClN8O/c1-30(10-4-3-5-11-30)35-17-22-13-25(27-34-18-26(32)40(27)19-22)28(41)37-24-8-6-7-23(14-24)31(15-21(16-31)9-12-33)29-38-36-20-39(29)2/h6-8,13-14,18-21,35H,3-5,9-11,15-17H2,1-2H3,(H,37,41). The Labute approximate surface area is 244 Å². The molecule has 3 heterocycles. The summed E-state index contributed by atoms with van der Waals surface area (Å²) < 4.78 is 3.72. The molecule has 0 saturated heterocycles. The number of pyridine rings is 1. The molecule has 2 fully saturated rings. The number of aromatic nitrogens is 5. The highest BCUT2D eigenvalue weighted by atomic mass is 35.5. The van der Waals surface area contributed by atoms with E-state index in [1.54, 1.807) is 16.9 Å². The number of carbonyl (C=O) groups is 1. The van der Waals surface area contributed by atoms with Crippen molar-refractivity contribution in [3.05, 3.63) is 76.7 Å². The monoisotopic (exact) mass is 570 g/mol. The van der Waals surface area contributed by atoms with E-state index in [0.29, 0.717) is 40.9 Å². The molecule has 2 N–H and O–H groups in total. The first kappa shape index (κ1) is 27.4. The number of nitriles is 1. The van der Waals surface area contributed by atoms with Crippen molar-refractivity contribution in [1.29, 1.82) is 5.26 Å². The van der Waals surface area contributed by atoms with Crippen LogP contribution in [-0.4, -0.2) is 35.6 Å². The Morgan fingerprint density at radius 2 is 2.02 bits per heavy atom. The number of amides is 1. The van der Waals surface area contributed by atoms with Crippen LogP contribution in [0.25, 0.3) is 5.65 Å². The molecule has 0 unspecified atom stereocenters. The minimum absolute atomic E-state index is 0.0985. The van der Waals surface area contributed by atoms with Gasteiger partial charge in [-0.3, -0.25) is 9.20 Å². The number of nitrogens with one attached hydrogen (secondary N) is 2. The maximum absolute atomic E-state index is 13.7. The first-order chi connectivity index (χ1) is 19.8. The first-order valence-electron chi connectivity index (χ1n) is 14.3. The molecule has 2 aliphatic rings. The molecule has 212 valence electrons. The largest absolute Gasteiger partial charge is 0.322 e. The smallest absolute Gasteiger partial charge is 0.259 e. The third-order valence-electron chi connectivity index (χ3n) is 9.00. The van der Waals surface area contributed by atoms with Crippen molar-refractivity contribution in [3.63, 3.8) is 0 Å². The Hall–Kier alpha value is -3.74. The molecule has 0 bridgehead atoms. The number of benzene rings is 1. The summed E-state index contributed by atoms with van der Waals surface area (Å²) in [6.45, 7) is 2.93. The maximum Gasteiger partial charge on any atom is 0.259 e. The Kier molecular flexibility index (Phi) is 7.30. The highest BCUT2D eigenvalue weighted by Crippen LogP contribution is 2.53. The van der Waals surface area contributed by atoms with Crippen molar-refractivity contribution in [2.45, 2.75) is 75.8 Å². The number of carbonyl (C=O) groups excluding carboxylic acids is 1. The zero-order chi connectivity index (χ0) is 28.6. The zero-order valence-corrected chi connectivity index (χ0v) is 24.3. The number of hydrogen-bond acceptors (Lipinski definition) is 6. The topological polar surface area (TPSA) is 113 Å². The number of hydrogen-bond donors (Lipinski definition) is 2. The van der Waals surface area contributed by atoms with Crippen molar-refractivity contribution >= 4 is 28.8 Å². The molecular formula is C31H35ClN8O. The summed E-state index contributed by atoms with van der Waals surface area (Å²) >= 11 is 6.46. The minimum atomic E-state index is -0.349. The molecule has 4 aromatic rings. The van der Waals surface area contributed by atoms with Gasteiger partial charge in [-0.25, -0.2) is 4.98 Å². The summed E-state index contributed by atoms with van der Waals surface area (Å²) in [4.78, 5) is 18.2. The van der Waals surface area contributed by atoms with E-state index in [1.807, 2.05) is 42.1 Å². The summed E-state index contributed by atoms with van der Waals surface area (Å²) in [5.74, 6) is 0.931. The van der Waals surface area contributed by atoms with Crippen LogP contribution in [0.5, 0.6) is 0 Å². The predicted molar refractivity (Wildman–Crippen MR) is 158 cm³/mol. The lowest BCUT2D eigenvalue weighted by molar-refractivity contribution is 0.102. The van der Waals surface area contributed by atoms with Crippen LogP contribution in [0.1, 0.15) is 85.6 Å². The number of fused-ring (bicyclic) bond motifs is 1. The summed E-state index contributed by atoms with van der Waals surface area (Å²) in [7, 11) is 1.94. The second kappa shape index (κ2) is 10.9. The number of nitrogens with zero attached hydrogens (tertiary/aromatic N) is 6. The molecule has 0 aliphatic heterocycles. The Morgan fingerprint density at radius 3 is 2.76 bits per heavy atom. The van der Waals surface area contributed by atoms with Crippen molar-refractivity contribution in [2.75, 3.05) is 5.32 Å². The highest BCUT2D eigenvalue weighted by molar-refractivity contribution is 6.30. The third kappa shape index (κ3) is 5.22. The fourth-order valence-electron chi connectivity index (χ4n) is 6.76. The van der Waals surface area contributed by atoms with Crippen molar-refractivity contribution in [3.8, 4) is 6.07 Å². The van der Waals surface area contributed by atoms with Crippen LogP contribution >= 0.6 is 11.6 Å². The van der Waals surface area contributed by atoms with Gasteiger partial charge in [0.25, 0.3) is 5.91 Å². The Bertz CT molecular complexity index is 1620. The van der Waals surface area contributed by atoms with Crippen LogP contribution in [0.15, 0.2) is 49.1 Å². The van der Waals surface area contributed by atoms with Gasteiger partial charge in [0.15, 0.2) is 5.65 Å². The summed E-state index contributed by atoms with van der Waals surface area (Å²) in [5, 5.41) is 25.1. The van der Waals surface area contributed by atoms with E-state index in [1.165, 1.54) is 19.3 Å². The molecule has 3 aromatic heterocycles. The molecular weight excluding hydrogens is 536 g/mol. The average molecular weight is 571 g/mol. The zero-order valence-electron chi connectivity index (χ0n) is 23.5. The van der Waals surface area contributed by atoms with E-state index < -0.39 is 0 Å². The van der Waals surface area contributed by atoms with Gasteiger partial charge in [-0.2, -0.15) is 5.26 Å². The van der Waals surface area contributed by atoms with Gasteiger partial charge < -0.3 is 15.2 Å². The van der Waals surface area contributed by atoms with Gasteiger partial charge in [0.1, 0.15) is 17.3 Å². The van der Waals surface area contributed by atoms with Crippen LogP contribution in [0.3, 0.4) is 0 Å². The van der Waals surface area contributed by atoms with Gasteiger partial charge in [0.2, 0.25) is 0 Å². The minimum Gasteiger partial charge on any atom is -0.322 e. The fraction of sp³-hybridized carbons (Fsp3) is 0.452. The second-order valence-electron chi connectivity index (χ2n) is 12.0. The second-order valence-corrected chi connectivity index (χ2v) is 12.4. The van der Waals surface area contributed by atoms with Gasteiger partial charge in [-0.05, 0) is 67.9 Å². The maximum atomic E-state index is 13.7. The quantitative estimate of drug-likeness (QED) is 0.277. The lowest BCUT2D eigenvalue weighted by Crippen LogP contribution is -2.44. The molecule has 9 nitrogen and oxygen atoms in total. The molecule has 0 radical (unpaired) electrons. The molecule has 6 rings (SSSR count). The fourth-order valence-corrected chi connectivity index (χ4v) is 6.94. The summed E-state index contributed by atoms with van der Waals surface area (Å²) in [6.07, 6.45) is 13.4. The summed E-state index contributed by atoms with van der Waals surface area (Å²) in [6, 6.07) is 12.1. The molecule has 1 aromatic carbocycles. The van der Waals surface area contributed by atoms with Crippen LogP contribution in [0.4, 0.5) is 5.69 Å². The SMILES string of the molecule is Cn1cnnc1C1(c2cccc(NC(=O)c3cc(CNC4(C)CCCCC4)cn4c(Cl)cnc34)c2)CC(CC#N)C1. The molecule has 41 heavy (non-hydrogen) atoms.